The molecule has 3 heteroatoms. The number of aliphatic hydroxyl groups excluding tert-OH is 1. The molecule has 2 atom stereocenters. The van der Waals surface area contributed by atoms with Gasteiger partial charge in [-0.1, -0.05) is 6.07 Å². The fraction of sp³-hybridized carbons (Fsp3) is 0.545. The Hall–Kier alpha value is -1.09. The topological polar surface area (TPSA) is 36.4 Å². The predicted octanol–water partition coefficient (Wildman–Crippen LogP) is 1.43. The second-order valence-corrected chi connectivity index (χ2v) is 3.86. The summed E-state index contributed by atoms with van der Waals surface area (Å²) in [6.07, 6.45) is 4.69. The predicted molar refractivity (Wildman–Crippen MR) is 56.3 cm³/mol. The molecule has 1 heterocycles. The van der Waals surface area contributed by atoms with Crippen LogP contribution >= 0.6 is 0 Å². The molecule has 14 heavy (non-hydrogen) atoms. The van der Waals surface area contributed by atoms with E-state index in [1.807, 2.05) is 25.2 Å². The normalized spacial score (nSPS) is 26.4. The first-order valence-electron chi connectivity index (χ1n) is 5.11. The van der Waals surface area contributed by atoms with Gasteiger partial charge in [-0.25, -0.2) is 4.98 Å². The van der Waals surface area contributed by atoms with Gasteiger partial charge in [0.25, 0.3) is 0 Å². The molecule has 0 radical (unpaired) electrons. The van der Waals surface area contributed by atoms with Crippen LogP contribution in [0.2, 0.25) is 0 Å². The van der Waals surface area contributed by atoms with Crippen LogP contribution in [-0.4, -0.2) is 29.3 Å². The molecule has 1 aromatic rings. The van der Waals surface area contributed by atoms with Gasteiger partial charge < -0.3 is 10.0 Å². The average Bonchev–Trinajstić information content (AvgIpc) is 2.65. The molecule has 76 valence electrons. The maximum Gasteiger partial charge on any atom is 0.128 e. The van der Waals surface area contributed by atoms with Gasteiger partial charge in [-0.2, -0.15) is 0 Å². The third kappa shape index (κ3) is 1.73. The summed E-state index contributed by atoms with van der Waals surface area (Å²) in [5.41, 5.74) is 0. The Morgan fingerprint density at radius 3 is 2.86 bits per heavy atom. The monoisotopic (exact) mass is 192 g/mol. The van der Waals surface area contributed by atoms with Crippen LogP contribution in [0.5, 0.6) is 0 Å². The highest BCUT2D eigenvalue weighted by Crippen LogP contribution is 2.25. The molecule has 1 saturated carbocycles. The molecule has 0 aliphatic heterocycles. The van der Waals surface area contributed by atoms with Crippen LogP contribution in [0.1, 0.15) is 19.3 Å². The van der Waals surface area contributed by atoms with E-state index in [0.717, 1.165) is 25.1 Å². The Morgan fingerprint density at radius 2 is 2.29 bits per heavy atom. The third-order valence-electron chi connectivity index (χ3n) is 2.95. The van der Waals surface area contributed by atoms with Crippen LogP contribution < -0.4 is 4.90 Å². The van der Waals surface area contributed by atoms with Crippen LogP contribution in [0.4, 0.5) is 5.82 Å². The molecule has 0 bridgehead atoms. The van der Waals surface area contributed by atoms with Crippen LogP contribution in [0, 0.1) is 0 Å². The SMILES string of the molecule is CN(c1ccccn1)C1CCCC1O. The number of likely N-dealkylation sites (N-methyl/N-ethyl adjacent to an activating group) is 1. The van der Waals surface area contributed by atoms with E-state index in [1.165, 1.54) is 0 Å². The minimum absolute atomic E-state index is 0.193. The summed E-state index contributed by atoms with van der Waals surface area (Å²) in [6.45, 7) is 0. The van der Waals surface area contributed by atoms with E-state index in [-0.39, 0.29) is 12.1 Å². The highest BCUT2D eigenvalue weighted by Gasteiger charge is 2.29. The molecule has 2 rings (SSSR count). The molecular formula is C11H16N2O. The Labute approximate surface area is 84.4 Å². The summed E-state index contributed by atoms with van der Waals surface area (Å²) in [4.78, 5) is 6.35. The molecule has 3 nitrogen and oxygen atoms in total. The highest BCUT2D eigenvalue weighted by atomic mass is 16.3. The molecule has 0 amide bonds. The van der Waals surface area contributed by atoms with Crippen molar-refractivity contribution >= 4 is 5.82 Å². The summed E-state index contributed by atoms with van der Waals surface area (Å²) in [7, 11) is 2.00. The van der Waals surface area contributed by atoms with Gasteiger partial charge in [0.15, 0.2) is 0 Å². The zero-order chi connectivity index (χ0) is 9.97. The van der Waals surface area contributed by atoms with Gasteiger partial charge in [-0.05, 0) is 31.4 Å². The van der Waals surface area contributed by atoms with E-state index in [0.29, 0.717) is 0 Å². The summed E-state index contributed by atoms with van der Waals surface area (Å²) in [5.74, 6) is 0.943. The zero-order valence-corrected chi connectivity index (χ0v) is 8.43. The summed E-state index contributed by atoms with van der Waals surface area (Å²) in [6, 6.07) is 6.10. The van der Waals surface area contributed by atoms with Crippen LogP contribution in [-0.2, 0) is 0 Å². The van der Waals surface area contributed by atoms with Crippen molar-refractivity contribution in [3.63, 3.8) is 0 Å². The number of aliphatic hydroxyl groups is 1. The number of anilines is 1. The van der Waals surface area contributed by atoms with Gasteiger partial charge in [0, 0.05) is 13.2 Å². The van der Waals surface area contributed by atoms with Crippen molar-refractivity contribution < 1.29 is 5.11 Å². The van der Waals surface area contributed by atoms with E-state index in [9.17, 15) is 5.11 Å². The van der Waals surface area contributed by atoms with Crippen molar-refractivity contribution in [2.45, 2.75) is 31.4 Å². The molecule has 0 spiro atoms. The minimum Gasteiger partial charge on any atom is -0.391 e. The Bertz CT molecular complexity index is 289. The van der Waals surface area contributed by atoms with Gasteiger partial charge in [-0.3, -0.25) is 0 Å². The first kappa shape index (κ1) is 9.46. The molecule has 1 aliphatic carbocycles. The number of hydrogen-bond acceptors (Lipinski definition) is 3. The van der Waals surface area contributed by atoms with Crippen molar-refractivity contribution in [3.05, 3.63) is 24.4 Å². The van der Waals surface area contributed by atoms with Gasteiger partial charge in [0.2, 0.25) is 0 Å². The standard InChI is InChI=1S/C11H16N2O/c1-13(9-5-4-6-10(9)14)11-7-2-3-8-12-11/h2-3,7-10,14H,4-6H2,1H3. The van der Waals surface area contributed by atoms with Crippen molar-refractivity contribution in [3.8, 4) is 0 Å². The van der Waals surface area contributed by atoms with Gasteiger partial charge in [0.05, 0.1) is 12.1 Å². The molecule has 1 fully saturated rings. The smallest absolute Gasteiger partial charge is 0.128 e. The Kier molecular flexibility index (Phi) is 2.68. The van der Waals surface area contributed by atoms with E-state index in [4.69, 9.17) is 0 Å². The highest BCUT2D eigenvalue weighted by molar-refractivity contribution is 5.38. The lowest BCUT2D eigenvalue weighted by Gasteiger charge is -2.27. The van der Waals surface area contributed by atoms with Crippen molar-refractivity contribution in [2.24, 2.45) is 0 Å². The lowest BCUT2D eigenvalue weighted by molar-refractivity contribution is 0.162. The first-order chi connectivity index (χ1) is 6.79. The second-order valence-electron chi connectivity index (χ2n) is 3.86. The summed E-state index contributed by atoms with van der Waals surface area (Å²) in [5, 5.41) is 9.75. The fourth-order valence-corrected chi connectivity index (χ4v) is 2.10. The Balaban J connectivity index is 2.12. The maximum atomic E-state index is 9.75. The molecule has 2 unspecified atom stereocenters. The number of hydrogen-bond donors (Lipinski definition) is 1. The van der Waals surface area contributed by atoms with E-state index in [1.54, 1.807) is 6.20 Å². The second kappa shape index (κ2) is 3.96. The number of nitrogens with zero attached hydrogens (tertiary/aromatic N) is 2. The van der Waals surface area contributed by atoms with Crippen LogP contribution in [0.25, 0.3) is 0 Å². The first-order valence-corrected chi connectivity index (χ1v) is 5.11. The largest absolute Gasteiger partial charge is 0.391 e. The molecule has 0 aromatic carbocycles. The number of rotatable bonds is 2. The van der Waals surface area contributed by atoms with Crippen LogP contribution in [0.15, 0.2) is 24.4 Å². The lowest BCUT2D eigenvalue weighted by atomic mass is 10.2. The minimum atomic E-state index is -0.193. The van der Waals surface area contributed by atoms with E-state index in [2.05, 4.69) is 9.88 Å². The molecular weight excluding hydrogens is 176 g/mol. The van der Waals surface area contributed by atoms with E-state index < -0.39 is 0 Å². The maximum absolute atomic E-state index is 9.75. The quantitative estimate of drug-likeness (QED) is 0.770. The number of pyridine rings is 1. The Morgan fingerprint density at radius 1 is 1.43 bits per heavy atom. The van der Waals surface area contributed by atoms with E-state index >= 15 is 0 Å². The molecule has 1 aromatic heterocycles. The van der Waals surface area contributed by atoms with Crippen molar-refractivity contribution in [1.29, 1.82) is 0 Å². The molecule has 1 aliphatic rings. The van der Waals surface area contributed by atoms with Crippen LogP contribution in [0.3, 0.4) is 0 Å². The average molecular weight is 192 g/mol. The van der Waals surface area contributed by atoms with Gasteiger partial charge in [-0.15, -0.1) is 0 Å². The lowest BCUT2D eigenvalue weighted by Crippen LogP contribution is -2.37. The number of aromatic nitrogens is 1. The fourth-order valence-electron chi connectivity index (χ4n) is 2.10. The van der Waals surface area contributed by atoms with Crippen molar-refractivity contribution in [1.82, 2.24) is 4.98 Å². The summed E-state index contributed by atoms with van der Waals surface area (Å²) < 4.78 is 0. The molecule has 1 N–H and O–H groups in total. The van der Waals surface area contributed by atoms with Gasteiger partial charge >= 0.3 is 0 Å². The zero-order valence-electron chi connectivity index (χ0n) is 8.43. The van der Waals surface area contributed by atoms with Crippen molar-refractivity contribution in [2.75, 3.05) is 11.9 Å². The summed E-state index contributed by atoms with van der Waals surface area (Å²) >= 11 is 0. The molecule has 0 saturated heterocycles. The third-order valence-corrected chi connectivity index (χ3v) is 2.95. The van der Waals surface area contributed by atoms with Gasteiger partial charge in [0.1, 0.15) is 5.82 Å².